The lowest BCUT2D eigenvalue weighted by molar-refractivity contribution is -0.140. The van der Waals surface area contributed by atoms with E-state index in [1.54, 1.807) is 42.6 Å². The molecular weight excluding hydrogens is 386 g/mol. The number of amides is 1. The quantitative estimate of drug-likeness (QED) is 0.444. The number of pyridine rings is 1. The summed E-state index contributed by atoms with van der Waals surface area (Å²) in [5, 5.41) is 11.1. The zero-order chi connectivity index (χ0) is 21.3. The van der Waals surface area contributed by atoms with Crippen molar-refractivity contribution >= 4 is 17.4 Å². The number of aliphatic hydroxyl groups is 1. The molecule has 1 atom stereocenters. The first-order valence-electron chi connectivity index (χ1n) is 9.71. The molecule has 2 aliphatic heterocycles. The van der Waals surface area contributed by atoms with E-state index < -0.39 is 17.7 Å². The molecule has 1 amide bonds. The Balaban J connectivity index is 1.77. The third-order valence-corrected chi connectivity index (χ3v) is 5.16. The Hall–Kier alpha value is -3.39. The van der Waals surface area contributed by atoms with Crippen molar-refractivity contribution in [1.29, 1.82) is 0 Å². The van der Waals surface area contributed by atoms with E-state index in [-0.39, 0.29) is 18.1 Å². The lowest BCUT2D eigenvalue weighted by Gasteiger charge is -2.25. The lowest BCUT2D eigenvalue weighted by atomic mass is 9.98. The van der Waals surface area contributed by atoms with Crippen LogP contribution < -0.4 is 9.47 Å². The van der Waals surface area contributed by atoms with Crippen LogP contribution in [0.2, 0.25) is 0 Å². The number of hydrogen-bond donors (Lipinski definition) is 1. The molecule has 2 aliphatic rings. The summed E-state index contributed by atoms with van der Waals surface area (Å²) in [6.07, 6.45) is 2.29. The van der Waals surface area contributed by atoms with Gasteiger partial charge in [0.25, 0.3) is 11.7 Å². The number of ether oxygens (including phenoxy) is 2. The van der Waals surface area contributed by atoms with Crippen LogP contribution in [0.15, 0.2) is 48.2 Å². The van der Waals surface area contributed by atoms with Gasteiger partial charge < -0.3 is 24.4 Å². The maximum Gasteiger partial charge on any atom is 0.295 e. The molecule has 4 rings (SSSR count). The second-order valence-corrected chi connectivity index (χ2v) is 7.47. The number of carbonyl (C=O) groups excluding carboxylic acids is 2. The van der Waals surface area contributed by atoms with E-state index >= 15 is 0 Å². The van der Waals surface area contributed by atoms with Crippen LogP contribution in [-0.2, 0) is 9.59 Å². The Labute approximate surface area is 174 Å². The zero-order valence-electron chi connectivity index (χ0n) is 16.9. The Morgan fingerprint density at radius 2 is 2.00 bits per heavy atom. The molecule has 0 saturated carbocycles. The molecule has 156 valence electrons. The normalized spacial score (nSPS) is 19.7. The Morgan fingerprint density at radius 1 is 1.20 bits per heavy atom. The number of Topliss-reactive ketones (excluding diaryl/α,β-unsaturated/α-hetero) is 1. The molecule has 0 spiro atoms. The van der Waals surface area contributed by atoms with Gasteiger partial charge >= 0.3 is 0 Å². The van der Waals surface area contributed by atoms with Crippen LogP contribution in [0.1, 0.15) is 23.7 Å². The van der Waals surface area contributed by atoms with E-state index in [0.717, 1.165) is 6.54 Å². The van der Waals surface area contributed by atoms with Gasteiger partial charge in [-0.3, -0.25) is 14.6 Å². The standard InChI is InChI=1S/C22H23N3O5/c1-24(2)10-5-11-25-19(15-6-3-4-9-23-15)18(21(27)22(25)28)20(26)14-7-8-16-17(12-14)30-13-29-16/h3-4,6-9,12,19,26H,5,10-11,13H2,1-2H3/b20-18-/t19-/m0/s1. The van der Waals surface area contributed by atoms with Crippen molar-refractivity contribution in [3.8, 4) is 11.5 Å². The highest BCUT2D eigenvalue weighted by Gasteiger charge is 2.46. The summed E-state index contributed by atoms with van der Waals surface area (Å²) in [4.78, 5) is 33.7. The highest BCUT2D eigenvalue weighted by molar-refractivity contribution is 6.46. The summed E-state index contributed by atoms with van der Waals surface area (Å²) < 4.78 is 10.7. The number of rotatable bonds is 6. The first kappa shape index (κ1) is 19.9. The van der Waals surface area contributed by atoms with Gasteiger partial charge in [-0.25, -0.2) is 0 Å². The van der Waals surface area contributed by atoms with Gasteiger partial charge in [-0.2, -0.15) is 0 Å². The van der Waals surface area contributed by atoms with Crippen LogP contribution >= 0.6 is 0 Å². The van der Waals surface area contributed by atoms with Gasteiger partial charge in [0, 0.05) is 18.3 Å². The molecule has 30 heavy (non-hydrogen) atoms. The monoisotopic (exact) mass is 409 g/mol. The third kappa shape index (κ3) is 3.61. The molecule has 1 fully saturated rings. The van der Waals surface area contributed by atoms with Crippen LogP contribution in [0.25, 0.3) is 5.76 Å². The smallest absolute Gasteiger partial charge is 0.295 e. The fourth-order valence-electron chi connectivity index (χ4n) is 3.71. The van der Waals surface area contributed by atoms with Crippen molar-refractivity contribution in [3.63, 3.8) is 0 Å². The van der Waals surface area contributed by atoms with Crippen LogP contribution in [0.4, 0.5) is 0 Å². The van der Waals surface area contributed by atoms with E-state index in [1.165, 1.54) is 4.90 Å². The number of fused-ring (bicyclic) bond motifs is 1. The van der Waals surface area contributed by atoms with E-state index in [1.807, 2.05) is 19.0 Å². The van der Waals surface area contributed by atoms with Gasteiger partial charge in [-0.05, 0) is 57.4 Å². The molecule has 0 unspecified atom stereocenters. The van der Waals surface area contributed by atoms with Gasteiger partial charge in [-0.15, -0.1) is 0 Å². The van der Waals surface area contributed by atoms with Gasteiger partial charge in [0.1, 0.15) is 11.8 Å². The van der Waals surface area contributed by atoms with E-state index in [4.69, 9.17) is 9.47 Å². The van der Waals surface area contributed by atoms with Crippen molar-refractivity contribution in [2.45, 2.75) is 12.5 Å². The Morgan fingerprint density at radius 3 is 2.73 bits per heavy atom. The number of benzene rings is 1. The van der Waals surface area contributed by atoms with Crippen molar-refractivity contribution in [2.24, 2.45) is 0 Å². The largest absolute Gasteiger partial charge is 0.507 e. The predicted octanol–water partition coefficient (Wildman–Crippen LogP) is 2.18. The minimum atomic E-state index is -0.751. The molecule has 8 heteroatoms. The topological polar surface area (TPSA) is 92.2 Å². The molecule has 2 aromatic rings. The Kier molecular flexibility index (Phi) is 5.41. The molecule has 0 bridgehead atoms. The summed E-state index contributed by atoms with van der Waals surface area (Å²) in [7, 11) is 3.90. The summed E-state index contributed by atoms with van der Waals surface area (Å²) in [5.74, 6) is -0.555. The molecule has 1 N–H and O–H groups in total. The molecule has 8 nitrogen and oxygen atoms in total. The van der Waals surface area contributed by atoms with Crippen molar-refractivity contribution in [3.05, 3.63) is 59.4 Å². The van der Waals surface area contributed by atoms with Crippen LogP contribution in [0.5, 0.6) is 11.5 Å². The maximum atomic E-state index is 12.9. The summed E-state index contributed by atoms with van der Waals surface area (Å²) >= 11 is 0. The molecule has 3 heterocycles. The summed E-state index contributed by atoms with van der Waals surface area (Å²) in [6.45, 7) is 1.24. The molecule has 1 saturated heterocycles. The zero-order valence-corrected chi connectivity index (χ0v) is 16.9. The minimum Gasteiger partial charge on any atom is -0.507 e. The molecule has 0 aliphatic carbocycles. The fraction of sp³-hybridized carbons (Fsp3) is 0.318. The SMILES string of the molecule is CN(C)CCCN1C(=O)C(=O)/C(=C(\O)c2ccc3c(c2)OCO3)[C@@H]1c1ccccn1. The highest BCUT2D eigenvalue weighted by Crippen LogP contribution is 2.40. The van der Waals surface area contributed by atoms with E-state index in [2.05, 4.69) is 4.98 Å². The number of nitrogens with zero attached hydrogens (tertiary/aromatic N) is 3. The second kappa shape index (κ2) is 8.16. The van der Waals surface area contributed by atoms with Gasteiger partial charge in [-0.1, -0.05) is 6.07 Å². The third-order valence-electron chi connectivity index (χ3n) is 5.16. The van der Waals surface area contributed by atoms with Crippen molar-refractivity contribution in [1.82, 2.24) is 14.8 Å². The van der Waals surface area contributed by atoms with E-state index in [0.29, 0.717) is 35.7 Å². The first-order chi connectivity index (χ1) is 14.5. The maximum absolute atomic E-state index is 12.9. The molecular formula is C22H23N3O5. The molecule has 1 aromatic carbocycles. The second-order valence-electron chi connectivity index (χ2n) is 7.47. The summed E-state index contributed by atoms with van der Waals surface area (Å²) in [6, 6.07) is 9.47. The van der Waals surface area contributed by atoms with Gasteiger partial charge in [0.05, 0.1) is 11.3 Å². The number of carbonyl (C=O) groups is 2. The summed E-state index contributed by atoms with van der Waals surface area (Å²) in [5.41, 5.74) is 0.942. The van der Waals surface area contributed by atoms with Crippen LogP contribution in [0, 0.1) is 0 Å². The predicted molar refractivity (Wildman–Crippen MR) is 109 cm³/mol. The fourth-order valence-corrected chi connectivity index (χ4v) is 3.71. The average molecular weight is 409 g/mol. The number of ketones is 1. The van der Waals surface area contributed by atoms with Crippen LogP contribution in [-0.4, -0.2) is 65.6 Å². The van der Waals surface area contributed by atoms with Gasteiger partial charge in [0.2, 0.25) is 6.79 Å². The van der Waals surface area contributed by atoms with E-state index in [9.17, 15) is 14.7 Å². The Bertz CT molecular complexity index is 1000. The van der Waals surface area contributed by atoms with Crippen LogP contribution in [0.3, 0.4) is 0 Å². The lowest BCUT2D eigenvalue weighted by Crippen LogP contribution is -2.32. The average Bonchev–Trinajstić information content (AvgIpc) is 3.31. The molecule has 1 aromatic heterocycles. The number of aliphatic hydroxyl groups excluding tert-OH is 1. The number of hydrogen-bond acceptors (Lipinski definition) is 7. The minimum absolute atomic E-state index is 0.0300. The number of aromatic nitrogens is 1. The first-order valence-corrected chi connectivity index (χ1v) is 9.71. The van der Waals surface area contributed by atoms with Crippen molar-refractivity contribution in [2.75, 3.05) is 34.0 Å². The van der Waals surface area contributed by atoms with Crippen molar-refractivity contribution < 1.29 is 24.2 Å². The highest BCUT2D eigenvalue weighted by atomic mass is 16.7. The molecule has 0 radical (unpaired) electrons. The van der Waals surface area contributed by atoms with Gasteiger partial charge in [0.15, 0.2) is 11.5 Å². The number of likely N-dealkylation sites (tertiary alicyclic amines) is 1.